The van der Waals surface area contributed by atoms with E-state index in [1.807, 2.05) is 9.80 Å². The van der Waals surface area contributed by atoms with Crippen LogP contribution in [0.1, 0.15) is 5.56 Å². The number of thiocarbonyl (C=S) groups is 1. The first-order valence-electron chi connectivity index (χ1n) is 8.86. The van der Waals surface area contributed by atoms with Crippen molar-refractivity contribution in [3.8, 4) is 0 Å². The van der Waals surface area contributed by atoms with Crippen LogP contribution in [0.3, 0.4) is 0 Å². The van der Waals surface area contributed by atoms with Crippen LogP contribution < -0.4 is 10.2 Å². The molecule has 0 radical (unpaired) electrons. The van der Waals surface area contributed by atoms with Gasteiger partial charge in [0.1, 0.15) is 5.69 Å². The first kappa shape index (κ1) is 21.3. The Hall–Kier alpha value is -2.42. The minimum Gasteiger partial charge on any atom is -0.361 e. The molecule has 1 saturated heterocycles. The second kappa shape index (κ2) is 9.39. The number of rotatable bonds is 4. The number of amides is 1. The van der Waals surface area contributed by atoms with E-state index in [-0.39, 0.29) is 18.0 Å². The summed E-state index contributed by atoms with van der Waals surface area (Å²) in [5.41, 5.74) is 1.23. The van der Waals surface area contributed by atoms with Crippen LogP contribution in [0.4, 0.5) is 11.4 Å². The Morgan fingerprint density at radius 3 is 2.38 bits per heavy atom. The smallest absolute Gasteiger partial charge is 0.294 e. The van der Waals surface area contributed by atoms with Crippen molar-refractivity contribution >= 4 is 57.8 Å². The van der Waals surface area contributed by atoms with Gasteiger partial charge in [0.2, 0.25) is 5.91 Å². The van der Waals surface area contributed by atoms with Gasteiger partial charge < -0.3 is 15.1 Å². The molecule has 1 N–H and O–H groups in total. The van der Waals surface area contributed by atoms with Gasteiger partial charge in [-0.1, -0.05) is 41.4 Å². The van der Waals surface area contributed by atoms with E-state index in [1.54, 1.807) is 36.4 Å². The van der Waals surface area contributed by atoms with E-state index >= 15 is 0 Å². The summed E-state index contributed by atoms with van der Waals surface area (Å²) in [6, 6.07) is 11.7. The number of hydrogen-bond donors (Lipinski definition) is 1. The normalized spacial score (nSPS) is 13.9. The summed E-state index contributed by atoms with van der Waals surface area (Å²) in [5, 5.41) is 15.4. The van der Waals surface area contributed by atoms with Gasteiger partial charge in [0, 0.05) is 37.3 Å². The summed E-state index contributed by atoms with van der Waals surface area (Å²) in [4.78, 5) is 26.9. The Bertz CT molecular complexity index is 932. The van der Waals surface area contributed by atoms with Crippen molar-refractivity contribution < 1.29 is 9.72 Å². The van der Waals surface area contributed by atoms with Crippen LogP contribution in [-0.4, -0.2) is 47.0 Å². The van der Waals surface area contributed by atoms with Gasteiger partial charge >= 0.3 is 0 Å². The van der Waals surface area contributed by atoms with Crippen molar-refractivity contribution in [2.45, 2.75) is 6.42 Å². The Morgan fingerprint density at radius 2 is 1.76 bits per heavy atom. The molecule has 0 unspecified atom stereocenters. The SMILES string of the molecule is O=C(Cc1ccc(Cl)cc1)NC(=S)N1CCN(c2c(Cl)cccc2[N+](=O)[O-])CC1. The highest BCUT2D eigenvalue weighted by atomic mass is 35.5. The zero-order valence-electron chi connectivity index (χ0n) is 15.3. The topological polar surface area (TPSA) is 78.7 Å². The lowest BCUT2D eigenvalue weighted by Gasteiger charge is -2.37. The maximum atomic E-state index is 12.2. The van der Waals surface area contributed by atoms with Gasteiger partial charge in [-0.15, -0.1) is 0 Å². The third kappa shape index (κ3) is 5.35. The molecule has 2 aromatic carbocycles. The number of hydrogen-bond acceptors (Lipinski definition) is 5. The fourth-order valence-corrected chi connectivity index (χ4v) is 3.84. The van der Waals surface area contributed by atoms with Gasteiger partial charge in [0.05, 0.1) is 16.4 Å². The molecular weight excluding hydrogens is 435 g/mol. The molecule has 0 saturated carbocycles. The highest BCUT2D eigenvalue weighted by Crippen LogP contribution is 2.35. The first-order chi connectivity index (χ1) is 13.8. The van der Waals surface area contributed by atoms with Gasteiger partial charge in [0.25, 0.3) is 5.69 Å². The molecule has 0 aliphatic carbocycles. The Morgan fingerprint density at radius 1 is 1.10 bits per heavy atom. The fraction of sp³-hybridized carbons (Fsp3) is 0.263. The van der Waals surface area contributed by atoms with Crippen LogP contribution in [0.2, 0.25) is 10.0 Å². The Kier molecular flexibility index (Phi) is 6.89. The van der Waals surface area contributed by atoms with Crippen LogP contribution in [-0.2, 0) is 11.2 Å². The van der Waals surface area contributed by atoms with Crippen LogP contribution in [0.5, 0.6) is 0 Å². The number of benzene rings is 2. The van der Waals surface area contributed by atoms with Crippen LogP contribution >= 0.6 is 35.4 Å². The van der Waals surface area contributed by atoms with Gasteiger partial charge in [-0.2, -0.15) is 0 Å². The third-order valence-electron chi connectivity index (χ3n) is 4.57. The van der Waals surface area contributed by atoms with E-state index in [2.05, 4.69) is 5.32 Å². The minimum absolute atomic E-state index is 0.0233. The van der Waals surface area contributed by atoms with Crippen molar-refractivity contribution in [3.63, 3.8) is 0 Å². The lowest BCUT2D eigenvalue weighted by Crippen LogP contribution is -2.53. The summed E-state index contributed by atoms with van der Waals surface area (Å²) in [5.74, 6) is -0.207. The average Bonchev–Trinajstić information content (AvgIpc) is 2.69. The molecule has 152 valence electrons. The molecule has 1 heterocycles. The lowest BCUT2D eigenvalue weighted by atomic mass is 10.1. The summed E-state index contributed by atoms with van der Waals surface area (Å²) in [6.07, 6.45) is 0.198. The number of nitro groups is 1. The maximum absolute atomic E-state index is 12.2. The molecule has 0 aromatic heterocycles. The van der Waals surface area contributed by atoms with Crippen LogP contribution in [0.25, 0.3) is 0 Å². The zero-order valence-corrected chi connectivity index (χ0v) is 17.6. The quantitative estimate of drug-likeness (QED) is 0.433. The molecule has 1 aliphatic rings. The third-order valence-corrected chi connectivity index (χ3v) is 5.49. The molecule has 2 aromatic rings. The second-order valence-corrected chi connectivity index (χ2v) is 7.73. The van der Waals surface area contributed by atoms with Crippen molar-refractivity contribution in [1.29, 1.82) is 0 Å². The molecule has 10 heteroatoms. The van der Waals surface area contributed by atoms with Crippen molar-refractivity contribution in [3.05, 3.63) is 68.2 Å². The molecule has 1 amide bonds. The van der Waals surface area contributed by atoms with Crippen LogP contribution in [0.15, 0.2) is 42.5 Å². The summed E-state index contributed by atoms with van der Waals surface area (Å²) in [7, 11) is 0. The largest absolute Gasteiger partial charge is 0.361 e. The molecule has 0 spiro atoms. The summed E-state index contributed by atoms with van der Waals surface area (Å²) < 4.78 is 0. The number of nitrogens with zero attached hydrogens (tertiary/aromatic N) is 3. The first-order valence-corrected chi connectivity index (χ1v) is 10.0. The number of nitrogens with one attached hydrogen (secondary N) is 1. The van der Waals surface area contributed by atoms with E-state index in [0.29, 0.717) is 47.0 Å². The fourth-order valence-electron chi connectivity index (χ4n) is 3.13. The highest BCUT2D eigenvalue weighted by Gasteiger charge is 2.27. The molecule has 1 aliphatic heterocycles. The van der Waals surface area contributed by atoms with Crippen LogP contribution in [0, 0.1) is 10.1 Å². The number of nitro benzene ring substituents is 1. The molecule has 3 rings (SSSR count). The predicted octanol–water partition coefficient (Wildman–Crippen LogP) is 3.67. The van der Waals surface area contributed by atoms with Gasteiger partial charge in [-0.25, -0.2) is 0 Å². The number of carbonyl (C=O) groups is 1. The number of carbonyl (C=O) groups excluding carboxylic acids is 1. The molecule has 29 heavy (non-hydrogen) atoms. The lowest BCUT2D eigenvalue weighted by molar-refractivity contribution is -0.384. The standard InChI is InChI=1S/C19H18Cl2N4O3S/c20-14-6-4-13(5-7-14)12-17(26)22-19(29)24-10-8-23(9-11-24)18-15(21)2-1-3-16(18)25(27)28/h1-7H,8-12H2,(H,22,26,29). The van der Waals surface area contributed by atoms with Gasteiger partial charge in [-0.05, 0) is 36.0 Å². The zero-order chi connectivity index (χ0) is 21.0. The molecule has 1 fully saturated rings. The van der Waals surface area contributed by atoms with E-state index in [1.165, 1.54) is 6.07 Å². The Labute approximate surface area is 183 Å². The van der Waals surface area contributed by atoms with E-state index in [4.69, 9.17) is 35.4 Å². The predicted molar refractivity (Wildman–Crippen MR) is 118 cm³/mol. The van der Waals surface area contributed by atoms with Crippen molar-refractivity contribution in [2.75, 3.05) is 31.1 Å². The number of piperazine rings is 1. The number of anilines is 1. The van der Waals surface area contributed by atoms with Gasteiger partial charge in [-0.3, -0.25) is 14.9 Å². The second-order valence-electron chi connectivity index (χ2n) is 6.50. The number of halogens is 2. The van der Waals surface area contributed by atoms with Gasteiger partial charge in [0.15, 0.2) is 5.11 Å². The Balaban J connectivity index is 1.57. The van der Waals surface area contributed by atoms with E-state index < -0.39 is 4.92 Å². The van der Waals surface area contributed by atoms with E-state index in [9.17, 15) is 14.9 Å². The molecule has 0 atom stereocenters. The number of para-hydroxylation sites is 1. The summed E-state index contributed by atoms with van der Waals surface area (Å²) >= 11 is 17.4. The molecule has 0 bridgehead atoms. The maximum Gasteiger partial charge on any atom is 0.294 e. The van der Waals surface area contributed by atoms with Crippen molar-refractivity contribution in [2.24, 2.45) is 0 Å². The highest BCUT2D eigenvalue weighted by molar-refractivity contribution is 7.80. The molecule has 7 nitrogen and oxygen atoms in total. The molecular formula is C19H18Cl2N4O3S. The van der Waals surface area contributed by atoms with E-state index in [0.717, 1.165) is 5.56 Å². The van der Waals surface area contributed by atoms with Crippen molar-refractivity contribution in [1.82, 2.24) is 10.2 Å². The average molecular weight is 453 g/mol. The summed E-state index contributed by atoms with van der Waals surface area (Å²) in [6.45, 7) is 2.03. The monoisotopic (exact) mass is 452 g/mol. The minimum atomic E-state index is -0.435.